The number of benzene rings is 2. The molecule has 0 unspecified atom stereocenters. The Hall–Kier alpha value is -2.62. The molecule has 20 heavy (non-hydrogen) atoms. The molecule has 1 N–H and O–H groups in total. The third-order valence-corrected chi connectivity index (χ3v) is 3.29. The summed E-state index contributed by atoms with van der Waals surface area (Å²) in [5.74, 6) is -0.587. The molecular weight excluding hydrogens is 254 g/mol. The monoisotopic (exact) mass is 267 g/mol. The smallest absolute Gasteiger partial charge is 0.408 e. The lowest BCUT2D eigenvalue weighted by molar-refractivity contribution is 0.103. The van der Waals surface area contributed by atoms with Crippen molar-refractivity contribution in [1.29, 1.82) is 0 Å². The molecule has 3 rings (SSSR count). The number of H-pyrrole nitrogens is 1. The number of oxazole rings is 1. The summed E-state index contributed by atoms with van der Waals surface area (Å²) in [6, 6.07) is 10.8. The fraction of sp³-hybridized carbons (Fsp3) is 0.125. The molecule has 0 aliphatic heterocycles. The molecule has 3 aromatic rings. The minimum absolute atomic E-state index is 0.0723. The van der Waals surface area contributed by atoms with Crippen molar-refractivity contribution in [2.24, 2.45) is 0 Å². The number of fused-ring (bicyclic) bond motifs is 1. The molecule has 0 saturated heterocycles. The van der Waals surface area contributed by atoms with Crippen LogP contribution in [0.25, 0.3) is 11.1 Å². The van der Waals surface area contributed by atoms with E-state index in [1.165, 1.54) is 0 Å². The Balaban J connectivity index is 2.16. The maximum absolute atomic E-state index is 12.5. The molecule has 0 radical (unpaired) electrons. The summed E-state index contributed by atoms with van der Waals surface area (Å²) in [5.41, 5.74) is 4.02. The molecule has 4 nitrogen and oxygen atoms in total. The Morgan fingerprint density at radius 1 is 1.15 bits per heavy atom. The van der Waals surface area contributed by atoms with Gasteiger partial charge in [0.2, 0.25) is 0 Å². The summed E-state index contributed by atoms with van der Waals surface area (Å²) < 4.78 is 5.01. The summed E-state index contributed by atoms with van der Waals surface area (Å²) in [6.07, 6.45) is 0. The van der Waals surface area contributed by atoms with Crippen LogP contribution in [0.1, 0.15) is 27.0 Å². The number of aryl methyl sites for hydroxylation is 2. The molecule has 0 amide bonds. The second-order valence-corrected chi connectivity index (χ2v) is 4.88. The first-order valence-corrected chi connectivity index (χ1v) is 6.29. The standard InChI is InChI=1S/C16H13NO3/c1-9-4-3-5-11(6-9)15(18)12-8-14-13(7-10(12)2)17-16(19)20-14/h3-8H,1-2H3,(H,17,19). The van der Waals surface area contributed by atoms with Crippen LogP contribution in [-0.2, 0) is 0 Å². The van der Waals surface area contributed by atoms with Crippen LogP contribution in [-0.4, -0.2) is 10.8 Å². The van der Waals surface area contributed by atoms with Gasteiger partial charge in [-0.3, -0.25) is 9.78 Å². The van der Waals surface area contributed by atoms with Crippen LogP contribution in [0, 0.1) is 13.8 Å². The molecule has 0 fully saturated rings. The second-order valence-electron chi connectivity index (χ2n) is 4.88. The van der Waals surface area contributed by atoms with E-state index in [4.69, 9.17) is 4.42 Å². The van der Waals surface area contributed by atoms with Crippen molar-refractivity contribution in [3.63, 3.8) is 0 Å². The molecule has 1 aromatic heterocycles. The Morgan fingerprint density at radius 3 is 2.70 bits per heavy atom. The number of aromatic amines is 1. The van der Waals surface area contributed by atoms with Gasteiger partial charge in [0.1, 0.15) is 0 Å². The van der Waals surface area contributed by atoms with E-state index < -0.39 is 5.76 Å². The largest absolute Gasteiger partial charge is 0.417 e. The number of hydrogen-bond acceptors (Lipinski definition) is 3. The lowest BCUT2D eigenvalue weighted by Gasteiger charge is -2.05. The van der Waals surface area contributed by atoms with E-state index in [9.17, 15) is 9.59 Å². The number of carbonyl (C=O) groups excluding carboxylic acids is 1. The van der Waals surface area contributed by atoms with Gasteiger partial charge in [-0.2, -0.15) is 0 Å². The normalized spacial score (nSPS) is 10.9. The molecule has 0 atom stereocenters. The van der Waals surface area contributed by atoms with Crippen molar-refractivity contribution < 1.29 is 9.21 Å². The van der Waals surface area contributed by atoms with Crippen LogP contribution in [0.15, 0.2) is 45.6 Å². The van der Waals surface area contributed by atoms with Crippen molar-refractivity contribution in [3.8, 4) is 0 Å². The summed E-state index contributed by atoms with van der Waals surface area (Å²) in [5, 5.41) is 0. The zero-order chi connectivity index (χ0) is 14.3. The van der Waals surface area contributed by atoms with E-state index >= 15 is 0 Å². The fourth-order valence-electron chi connectivity index (χ4n) is 2.29. The SMILES string of the molecule is Cc1cccc(C(=O)c2cc3oc(=O)[nH]c3cc2C)c1. The van der Waals surface area contributed by atoms with E-state index in [0.29, 0.717) is 22.2 Å². The van der Waals surface area contributed by atoms with Crippen molar-refractivity contribution in [3.05, 3.63) is 69.2 Å². The van der Waals surface area contributed by atoms with Gasteiger partial charge in [-0.25, -0.2) is 4.79 Å². The fourth-order valence-corrected chi connectivity index (χ4v) is 2.29. The van der Waals surface area contributed by atoms with Gasteiger partial charge in [-0.15, -0.1) is 0 Å². The Morgan fingerprint density at radius 2 is 1.95 bits per heavy atom. The Kier molecular flexibility index (Phi) is 2.79. The van der Waals surface area contributed by atoms with Crippen LogP contribution in [0.2, 0.25) is 0 Å². The zero-order valence-corrected chi connectivity index (χ0v) is 11.2. The van der Waals surface area contributed by atoms with Crippen LogP contribution < -0.4 is 5.76 Å². The summed E-state index contributed by atoms with van der Waals surface area (Å²) in [7, 11) is 0. The third kappa shape index (κ3) is 2.05. The number of aromatic nitrogens is 1. The van der Waals surface area contributed by atoms with E-state index in [2.05, 4.69) is 4.98 Å². The van der Waals surface area contributed by atoms with Crippen molar-refractivity contribution >= 4 is 16.9 Å². The first-order valence-electron chi connectivity index (χ1n) is 6.29. The molecule has 100 valence electrons. The highest BCUT2D eigenvalue weighted by Crippen LogP contribution is 2.20. The number of ketones is 1. The van der Waals surface area contributed by atoms with Gasteiger partial charge in [0, 0.05) is 11.1 Å². The lowest BCUT2D eigenvalue weighted by atomic mass is 9.97. The highest BCUT2D eigenvalue weighted by atomic mass is 16.4. The van der Waals surface area contributed by atoms with E-state index in [-0.39, 0.29) is 5.78 Å². The van der Waals surface area contributed by atoms with E-state index in [1.54, 1.807) is 18.2 Å². The van der Waals surface area contributed by atoms with E-state index in [1.807, 2.05) is 32.0 Å². The van der Waals surface area contributed by atoms with Gasteiger partial charge < -0.3 is 4.42 Å². The zero-order valence-electron chi connectivity index (χ0n) is 11.2. The average Bonchev–Trinajstić information content (AvgIpc) is 2.76. The average molecular weight is 267 g/mol. The highest BCUT2D eigenvalue weighted by Gasteiger charge is 2.14. The van der Waals surface area contributed by atoms with Gasteiger partial charge >= 0.3 is 5.76 Å². The molecule has 0 bridgehead atoms. The first-order chi connectivity index (χ1) is 9.54. The van der Waals surface area contributed by atoms with E-state index in [0.717, 1.165) is 11.1 Å². The second kappa shape index (κ2) is 4.49. The van der Waals surface area contributed by atoms with Gasteiger partial charge in [-0.1, -0.05) is 23.8 Å². The van der Waals surface area contributed by atoms with Crippen LogP contribution in [0.3, 0.4) is 0 Å². The molecule has 2 aromatic carbocycles. The Labute approximate surface area is 115 Å². The summed E-state index contributed by atoms with van der Waals surface area (Å²) in [4.78, 5) is 26.3. The number of nitrogens with one attached hydrogen (secondary N) is 1. The van der Waals surface area contributed by atoms with Crippen LogP contribution in [0.4, 0.5) is 0 Å². The molecular formula is C16H13NO3. The van der Waals surface area contributed by atoms with Gasteiger partial charge in [-0.05, 0) is 37.6 Å². The maximum Gasteiger partial charge on any atom is 0.417 e. The van der Waals surface area contributed by atoms with Crippen LogP contribution >= 0.6 is 0 Å². The van der Waals surface area contributed by atoms with Gasteiger partial charge in [0.25, 0.3) is 0 Å². The number of carbonyl (C=O) groups is 1. The molecule has 0 saturated carbocycles. The number of rotatable bonds is 2. The van der Waals surface area contributed by atoms with Gasteiger partial charge in [0.05, 0.1) is 5.52 Å². The first kappa shape index (κ1) is 12.4. The quantitative estimate of drug-likeness (QED) is 0.726. The summed E-state index contributed by atoms with van der Waals surface area (Å²) in [6.45, 7) is 3.78. The Bertz CT molecular complexity index is 871. The molecule has 0 aliphatic rings. The minimum atomic E-state index is -0.514. The summed E-state index contributed by atoms with van der Waals surface area (Å²) >= 11 is 0. The lowest BCUT2D eigenvalue weighted by Crippen LogP contribution is -2.03. The van der Waals surface area contributed by atoms with Gasteiger partial charge in [0.15, 0.2) is 11.4 Å². The molecule has 1 heterocycles. The molecule has 4 heteroatoms. The topological polar surface area (TPSA) is 63.1 Å². The van der Waals surface area contributed by atoms with Crippen molar-refractivity contribution in [2.75, 3.05) is 0 Å². The van der Waals surface area contributed by atoms with Crippen molar-refractivity contribution in [2.45, 2.75) is 13.8 Å². The highest BCUT2D eigenvalue weighted by molar-refractivity contribution is 6.11. The van der Waals surface area contributed by atoms with Crippen molar-refractivity contribution in [1.82, 2.24) is 4.98 Å². The van der Waals surface area contributed by atoms with Crippen LogP contribution in [0.5, 0.6) is 0 Å². The predicted octanol–water partition coefficient (Wildman–Crippen LogP) is 2.97. The third-order valence-electron chi connectivity index (χ3n) is 3.29. The maximum atomic E-state index is 12.5. The molecule has 0 aliphatic carbocycles. The predicted molar refractivity (Wildman–Crippen MR) is 76.2 cm³/mol. The molecule has 0 spiro atoms. The minimum Gasteiger partial charge on any atom is -0.408 e. The number of hydrogen-bond donors (Lipinski definition) is 1.